The van der Waals surface area contributed by atoms with Gasteiger partial charge >= 0.3 is 0 Å². The minimum absolute atomic E-state index is 0.149. The molecule has 0 radical (unpaired) electrons. The smallest absolute Gasteiger partial charge is 0.220 e. The number of aromatic nitrogens is 1. The van der Waals surface area contributed by atoms with E-state index in [-0.39, 0.29) is 5.91 Å². The van der Waals surface area contributed by atoms with E-state index in [0.29, 0.717) is 6.42 Å². The molecule has 0 saturated carbocycles. The molecule has 3 aromatic rings. The molecule has 3 rings (SSSR count). The van der Waals surface area contributed by atoms with Gasteiger partial charge in [0.2, 0.25) is 5.91 Å². The van der Waals surface area contributed by atoms with Crippen LogP contribution in [0.15, 0.2) is 48.0 Å². The number of para-hydroxylation sites is 1. The second-order valence-electron chi connectivity index (χ2n) is 5.39. The van der Waals surface area contributed by atoms with E-state index in [9.17, 15) is 4.79 Å². The van der Waals surface area contributed by atoms with Gasteiger partial charge in [0.15, 0.2) is 0 Å². The average Bonchev–Trinajstić information content (AvgIpc) is 3.17. The number of nitrogens with one attached hydrogen (secondary N) is 2. The van der Waals surface area contributed by atoms with E-state index < -0.39 is 0 Å². The molecule has 1 amide bonds. The third-order valence-electron chi connectivity index (χ3n) is 3.80. The van der Waals surface area contributed by atoms with Crippen LogP contribution in [-0.4, -0.2) is 17.4 Å². The quantitative estimate of drug-likeness (QED) is 0.682. The number of aromatic amines is 1. The number of carbonyl (C=O) groups is 1. The summed E-state index contributed by atoms with van der Waals surface area (Å²) in [5.41, 5.74) is 2.46. The van der Waals surface area contributed by atoms with Crippen LogP contribution in [0.5, 0.6) is 0 Å². The monoisotopic (exact) mass is 312 g/mol. The predicted octanol–water partition coefficient (Wildman–Crippen LogP) is 3.91. The largest absolute Gasteiger partial charge is 0.361 e. The van der Waals surface area contributed by atoms with Crippen molar-refractivity contribution in [2.24, 2.45) is 0 Å². The maximum Gasteiger partial charge on any atom is 0.220 e. The van der Waals surface area contributed by atoms with E-state index in [1.807, 2.05) is 12.1 Å². The number of thiophene rings is 1. The SMILES string of the molecule is O=C(CCCc1c[nH]c2ccccc12)NCCc1cccs1. The maximum atomic E-state index is 11.8. The molecule has 0 fully saturated rings. The van der Waals surface area contributed by atoms with Crippen molar-refractivity contribution >= 4 is 28.1 Å². The molecule has 0 saturated heterocycles. The van der Waals surface area contributed by atoms with E-state index in [2.05, 4.69) is 46.1 Å². The summed E-state index contributed by atoms with van der Waals surface area (Å²) in [5, 5.41) is 6.33. The summed E-state index contributed by atoms with van der Waals surface area (Å²) >= 11 is 1.74. The Morgan fingerprint density at radius 3 is 2.91 bits per heavy atom. The lowest BCUT2D eigenvalue weighted by Gasteiger charge is -2.04. The summed E-state index contributed by atoms with van der Waals surface area (Å²) in [6.45, 7) is 0.729. The standard InChI is InChI=1S/C18H20N2OS/c21-18(19-11-10-15-6-4-12-22-15)9-3-5-14-13-20-17-8-2-1-7-16(14)17/h1-2,4,6-8,12-13,20H,3,5,9-11H2,(H,19,21). The number of hydrogen-bond donors (Lipinski definition) is 2. The van der Waals surface area contributed by atoms with Gasteiger partial charge in [0, 0.05) is 34.9 Å². The fourth-order valence-electron chi connectivity index (χ4n) is 2.65. The Morgan fingerprint density at radius 2 is 2.05 bits per heavy atom. The third kappa shape index (κ3) is 3.77. The molecule has 0 aliphatic carbocycles. The lowest BCUT2D eigenvalue weighted by Crippen LogP contribution is -2.25. The van der Waals surface area contributed by atoms with E-state index in [0.717, 1.165) is 31.3 Å². The number of fused-ring (bicyclic) bond motifs is 1. The highest BCUT2D eigenvalue weighted by molar-refractivity contribution is 7.09. The fraction of sp³-hybridized carbons (Fsp3) is 0.278. The number of H-pyrrole nitrogens is 1. The highest BCUT2D eigenvalue weighted by Crippen LogP contribution is 2.19. The summed E-state index contributed by atoms with van der Waals surface area (Å²) in [5.74, 6) is 0.149. The lowest BCUT2D eigenvalue weighted by molar-refractivity contribution is -0.121. The number of benzene rings is 1. The van der Waals surface area contributed by atoms with Gasteiger partial charge in [0.25, 0.3) is 0 Å². The van der Waals surface area contributed by atoms with Gasteiger partial charge < -0.3 is 10.3 Å². The first kappa shape index (κ1) is 14.9. The molecule has 2 aromatic heterocycles. The molecule has 0 spiro atoms. The third-order valence-corrected chi connectivity index (χ3v) is 4.73. The van der Waals surface area contributed by atoms with Gasteiger partial charge in [-0.25, -0.2) is 0 Å². The van der Waals surface area contributed by atoms with Gasteiger partial charge in [0.1, 0.15) is 0 Å². The molecule has 3 nitrogen and oxygen atoms in total. The zero-order valence-corrected chi connectivity index (χ0v) is 13.3. The van der Waals surface area contributed by atoms with Gasteiger partial charge in [-0.1, -0.05) is 24.3 Å². The molecule has 0 bridgehead atoms. The minimum Gasteiger partial charge on any atom is -0.361 e. The van der Waals surface area contributed by atoms with E-state index in [4.69, 9.17) is 0 Å². The van der Waals surface area contributed by atoms with Crippen LogP contribution >= 0.6 is 11.3 Å². The molecule has 22 heavy (non-hydrogen) atoms. The zero-order chi connectivity index (χ0) is 15.2. The summed E-state index contributed by atoms with van der Waals surface area (Å²) in [6.07, 6.45) is 5.38. The molecule has 0 unspecified atom stereocenters. The minimum atomic E-state index is 0.149. The van der Waals surface area contributed by atoms with Crippen LogP contribution in [0.25, 0.3) is 10.9 Å². The molecule has 4 heteroatoms. The molecule has 0 aliphatic heterocycles. The summed E-state index contributed by atoms with van der Waals surface area (Å²) in [7, 11) is 0. The van der Waals surface area contributed by atoms with Crippen LogP contribution in [-0.2, 0) is 17.6 Å². The average molecular weight is 312 g/mol. The highest BCUT2D eigenvalue weighted by Gasteiger charge is 2.05. The molecule has 1 aromatic carbocycles. The summed E-state index contributed by atoms with van der Waals surface area (Å²) in [6, 6.07) is 12.4. The van der Waals surface area contributed by atoms with Crippen molar-refractivity contribution in [2.75, 3.05) is 6.54 Å². The van der Waals surface area contributed by atoms with Gasteiger partial charge in [-0.2, -0.15) is 0 Å². The van der Waals surface area contributed by atoms with Crippen LogP contribution in [0, 0.1) is 0 Å². The van der Waals surface area contributed by atoms with Crippen molar-refractivity contribution in [3.8, 4) is 0 Å². The Kier molecular flexibility index (Phi) is 4.91. The number of amides is 1. The van der Waals surface area contributed by atoms with Gasteiger partial charge in [-0.05, 0) is 42.3 Å². The molecule has 2 heterocycles. The second kappa shape index (κ2) is 7.27. The number of carbonyl (C=O) groups excluding carboxylic acids is 1. The fourth-order valence-corrected chi connectivity index (χ4v) is 3.36. The van der Waals surface area contributed by atoms with Crippen molar-refractivity contribution in [3.05, 3.63) is 58.4 Å². The van der Waals surface area contributed by atoms with E-state index >= 15 is 0 Å². The van der Waals surface area contributed by atoms with Gasteiger partial charge in [-0.15, -0.1) is 11.3 Å². The Balaban J connectivity index is 1.40. The number of hydrogen-bond acceptors (Lipinski definition) is 2. The number of aryl methyl sites for hydroxylation is 1. The molecule has 2 N–H and O–H groups in total. The van der Waals surface area contributed by atoms with Crippen LogP contribution in [0.3, 0.4) is 0 Å². The Hall–Kier alpha value is -2.07. The van der Waals surface area contributed by atoms with Crippen molar-refractivity contribution < 1.29 is 4.79 Å². The zero-order valence-electron chi connectivity index (χ0n) is 12.5. The van der Waals surface area contributed by atoms with E-state index in [1.165, 1.54) is 15.8 Å². The predicted molar refractivity (Wildman–Crippen MR) is 92.3 cm³/mol. The van der Waals surface area contributed by atoms with Crippen molar-refractivity contribution in [1.29, 1.82) is 0 Å². The van der Waals surface area contributed by atoms with Crippen LogP contribution in [0.1, 0.15) is 23.3 Å². The molecule has 0 atom stereocenters. The first-order valence-electron chi connectivity index (χ1n) is 7.67. The maximum absolute atomic E-state index is 11.8. The van der Waals surface area contributed by atoms with Crippen molar-refractivity contribution in [1.82, 2.24) is 10.3 Å². The summed E-state index contributed by atoms with van der Waals surface area (Å²) in [4.78, 5) is 16.4. The van der Waals surface area contributed by atoms with Crippen molar-refractivity contribution in [3.63, 3.8) is 0 Å². The topological polar surface area (TPSA) is 44.9 Å². The molecular formula is C18H20N2OS. The summed E-state index contributed by atoms with van der Waals surface area (Å²) < 4.78 is 0. The Labute approximate surface area is 134 Å². The molecular weight excluding hydrogens is 292 g/mol. The van der Waals surface area contributed by atoms with Crippen LogP contribution in [0.2, 0.25) is 0 Å². The highest BCUT2D eigenvalue weighted by atomic mass is 32.1. The molecule has 114 valence electrons. The Morgan fingerprint density at radius 1 is 1.14 bits per heavy atom. The molecule has 0 aliphatic rings. The first-order chi connectivity index (χ1) is 10.8. The van der Waals surface area contributed by atoms with Crippen molar-refractivity contribution in [2.45, 2.75) is 25.7 Å². The normalized spacial score (nSPS) is 10.9. The van der Waals surface area contributed by atoms with E-state index in [1.54, 1.807) is 11.3 Å². The van der Waals surface area contributed by atoms with Gasteiger partial charge in [0.05, 0.1) is 0 Å². The van der Waals surface area contributed by atoms with Crippen LogP contribution in [0.4, 0.5) is 0 Å². The Bertz CT molecular complexity index is 730. The number of rotatable bonds is 7. The lowest BCUT2D eigenvalue weighted by atomic mass is 10.1. The second-order valence-corrected chi connectivity index (χ2v) is 6.42. The first-order valence-corrected chi connectivity index (χ1v) is 8.55. The van der Waals surface area contributed by atoms with Crippen LogP contribution < -0.4 is 5.32 Å². The van der Waals surface area contributed by atoms with Gasteiger partial charge in [-0.3, -0.25) is 4.79 Å².